The van der Waals surface area contributed by atoms with Crippen molar-refractivity contribution < 1.29 is 9.53 Å². The van der Waals surface area contributed by atoms with E-state index in [-0.39, 0.29) is 11.7 Å². The van der Waals surface area contributed by atoms with Gasteiger partial charge in [0.05, 0.1) is 17.3 Å². The van der Waals surface area contributed by atoms with Crippen molar-refractivity contribution in [3.05, 3.63) is 59.1 Å². The molecule has 0 saturated carbocycles. The fourth-order valence-corrected chi connectivity index (χ4v) is 4.52. The van der Waals surface area contributed by atoms with Gasteiger partial charge in [-0.25, -0.2) is 4.98 Å². The van der Waals surface area contributed by atoms with Crippen molar-refractivity contribution in [2.24, 2.45) is 5.92 Å². The smallest absolute Gasteiger partial charge is 0.194 e. The van der Waals surface area contributed by atoms with E-state index in [1.165, 1.54) is 16.9 Å². The molecule has 1 aromatic heterocycles. The number of ketones is 1. The lowest BCUT2D eigenvalue weighted by Crippen LogP contribution is -2.35. The monoisotopic (exact) mass is 366 g/mol. The topological polar surface area (TPSA) is 42.4 Å². The molecule has 1 fully saturated rings. The Morgan fingerprint density at radius 3 is 2.77 bits per heavy atom. The van der Waals surface area contributed by atoms with Crippen LogP contribution in [-0.2, 0) is 6.54 Å². The van der Waals surface area contributed by atoms with E-state index in [2.05, 4.69) is 22.0 Å². The number of para-hydroxylation sites is 1. The highest BCUT2D eigenvalue weighted by Crippen LogP contribution is 2.28. The molecular formula is C21H22N2O2S. The molecule has 0 aliphatic carbocycles. The number of thiazole rings is 1. The Labute approximate surface area is 157 Å². The quantitative estimate of drug-likeness (QED) is 0.628. The minimum Gasteiger partial charge on any atom is -0.497 e. The molecule has 26 heavy (non-hydrogen) atoms. The Hall–Kier alpha value is -2.24. The van der Waals surface area contributed by atoms with Crippen LogP contribution in [0.25, 0.3) is 10.2 Å². The zero-order valence-electron chi connectivity index (χ0n) is 14.9. The molecule has 2 heterocycles. The zero-order chi connectivity index (χ0) is 17.9. The van der Waals surface area contributed by atoms with Crippen LogP contribution in [-0.4, -0.2) is 35.9 Å². The number of hydrogen-bond acceptors (Lipinski definition) is 5. The first-order chi connectivity index (χ1) is 12.7. The van der Waals surface area contributed by atoms with E-state index < -0.39 is 0 Å². The molecule has 5 heteroatoms. The van der Waals surface area contributed by atoms with Gasteiger partial charge in [0.25, 0.3) is 0 Å². The number of fused-ring (bicyclic) bond motifs is 1. The summed E-state index contributed by atoms with van der Waals surface area (Å²) in [6, 6.07) is 16.2. The average Bonchev–Trinajstić information content (AvgIpc) is 3.12. The molecule has 1 aliphatic rings. The van der Waals surface area contributed by atoms with Crippen molar-refractivity contribution in [2.75, 3.05) is 20.2 Å². The van der Waals surface area contributed by atoms with Crippen LogP contribution in [0.1, 0.15) is 28.2 Å². The molecule has 0 unspecified atom stereocenters. The predicted octanol–water partition coefficient (Wildman–Crippen LogP) is 4.40. The summed E-state index contributed by atoms with van der Waals surface area (Å²) < 4.78 is 6.39. The molecule has 0 spiro atoms. The molecule has 0 radical (unpaired) electrons. The third-order valence-corrected chi connectivity index (χ3v) is 6.05. The molecule has 1 saturated heterocycles. The van der Waals surface area contributed by atoms with Crippen LogP contribution in [0.3, 0.4) is 0 Å². The molecule has 0 bridgehead atoms. The second-order valence-electron chi connectivity index (χ2n) is 6.75. The molecule has 2 aromatic carbocycles. The Bertz CT molecular complexity index is 880. The predicted molar refractivity (Wildman–Crippen MR) is 105 cm³/mol. The van der Waals surface area contributed by atoms with Crippen LogP contribution in [0.4, 0.5) is 0 Å². The van der Waals surface area contributed by atoms with E-state index in [4.69, 9.17) is 4.74 Å². The Balaban J connectivity index is 1.37. The average molecular weight is 366 g/mol. The number of ether oxygens (including phenoxy) is 1. The number of Topliss-reactive ketones (excluding diaryl/α,β-unsaturated/α-hetero) is 1. The van der Waals surface area contributed by atoms with Gasteiger partial charge in [-0.1, -0.05) is 24.3 Å². The van der Waals surface area contributed by atoms with Crippen molar-refractivity contribution >= 4 is 27.3 Å². The third kappa shape index (κ3) is 3.64. The largest absolute Gasteiger partial charge is 0.497 e. The van der Waals surface area contributed by atoms with Crippen molar-refractivity contribution in [1.29, 1.82) is 0 Å². The van der Waals surface area contributed by atoms with Crippen LogP contribution in [0.5, 0.6) is 5.75 Å². The molecule has 4 nitrogen and oxygen atoms in total. The number of likely N-dealkylation sites (tertiary alicyclic amines) is 1. The maximum atomic E-state index is 12.8. The summed E-state index contributed by atoms with van der Waals surface area (Å²) in [6.45, 7) is 2.79. The van der Waals surface area contributed by atoms with Gasteiger partial charge in [0.1, 0.15) is 5.75 Å². The highest BCUT2D eigenvalue weighted by Gasteiger charge is 2.27. The van der Waals surface area contributed by atoms with Gasteiger partial charge < -0.3 is 4.74 Å². The number of hydrogen-bond donors (Lipinski definition) is 0. The summed E-state index contributed by atoms with van der Waals surface area (Å²) in [4.78, 5) is 19.8. The molecule has 1 aliphatic heterocycles. The van der Waals surface area contributed by atoms with Crippen LogP contribution >= 0.6 is 11.3 Å². The molecule has 134 valence electrons. The van der Waals surface area contributed by atoms with E-state index in [0.717, 1.165) is 48.4 Å². The normalized spacial score (nSPS) is 16.0. The first-order valence-electron chi connectivity index (χ1n) is 8.98. The third-order valence-electron chi connectivity index (χ3n) is 5.00. The fraction of sp³-hybridized carbons (Fsp3) is 0.333. The van der Waals surface area contributed by atoms with Gasteiger partial charge in [-0.2, -0.15) is 0 Å². The second kappa shape index (κ2) is 7.56. The molecule has 0 amide bonds. The van der Waals surface area contributed by atoms with Crippen molar-refractivity contribution in [3.63, 3.8) is 0 Å². The lowest BCUT2D eigenvalue weighted by atomic mass is 9.92. The summed E-state index contributed by atoms with van der Waals surface area (Å²) in [5, 5.41) is 0.664. The number of piperidine rings is 1. The van der Waals surface area contributed by atoms with Crippen molar-refractivity contribution in [1.82, 2.24) is 9.88 Å². The lowest BCUT2D eigenvalue weighted by Gasteiger charge is -2.31. The maximum Gasteiger partial charge on any atom is 0.194 e. The second-order valence-corrected chi connectivity index (χ2v) is 7.78. The van der Waals surface area contributed by atoms with Gasteiger partial charge in [0, 0.05) is 12.5 Å². The molecular weight excluding hydrogens is 344 g/mol. The maximum absolute atomic E-state index is 12.8. The summed E-state index contributed by atoms with van der Waals surface area (Å²) in [5.74, 6) is 1.20. The van der Waals surface area contributed by atoms with Crippen LogP contribution in [0.2, 0.25) is 0 Å². The minimum absolute atomic E-state index is 0.0946. The van der Waals surface area contributed by atoms with Crippen LogP contribution < -0.4 is 4.74 Å². The number of carbonyl (C=O) groups is 1. The lowest BCUT2D eigenvalue weighted by molar-refractivity contribution is 0.0834. The first-order valence-corrected chi connectivity index (χ1v) is 9.79. The number of methoxy groups -OCH3 is 1. The van der Waals surface area contributed by atoms with E-state index in [1.807, 2.05) is 36.4 Å². The van der Waals surface area contributed by atoms with Gasteiger partial charge in [0.15, 0.2) is 10.8 Å². The highest BCUT2D eigenvalue weighted by molar-refractivity contribution is 7.20. The number of nitrogens with zero attached hydrogens (tertiary/aromatic N) is 2. The van der Waals surface area contributed by atoms with E-state index in [0.29, 0.717) is 5.01 Å². The molecule has 0 N–H and O–H groups in total. The van der Waals surface area contributed by atoms with E-state index in [1.54, 1.807) is 7.11 Å². The first kappa shape index (κ1) is 17.2. The van der Waals surface area contributed by atoms with Gasteiger partial charge in [-0.05, 0) is 55.8 Å². The van der Waals surface area contributed by atoms with Gasteiger partial charge in [0.2, 0.25) is 0 Å². The highest BCUT2D eigenvalue weighted by atomic mass is 32.1. The molecule has 0 atom stereocenters. The van der Waals surface area contributed by atoms with Gasteiger partial charge in [-0.3, -0.25) is 9.69 Å². The van der Waals surface area contributed by atoms with Crippen LogP contribution in [0, 0.1) is 5.92 Å². The number of carbonyl (C=O) groups excluding carboxylic acids is 1. The Morgan fingerprint density at radius 2 is 2.00 bits per heavy atom. The number of benzene rings is 2. The molecule has 4 rings (SSSR count). The minimum atomic E-state index is 0.0946. The Kier molecular flexibility index (Phi) is 5.00. The van der Waals surface area contributed by atoms with E-state index in [9.17, 15) is 4.79 Å². The number of aromatic nitrogens is 1. The van der Waals surface area contributed by atoms with Crippen molar-refractivity contribution in [3.8, 4) is 5.75 Å². The summed E-state index contributed by atoms with van der Waals surface area (Å²) in [7, 11) is 1.69. The zero-order valence-corrected chi connectivity index (χ0v) is 15.7. The number of rotatable bonds is 5. The van der Waals surface area contributed by atoms with Gasteiger partial charge in [-0.15, -0.1) is 11.3 Å². The van der Waals surface area contributed by atoms with E-state index >= 15 is 0 Å². The van der Waals surface area contributed by atoms with Gasteiger partial charge >= 0.3 is 0 Å². The standard InChI is InChI=1S/C21H22N2O2S/c1-25-17-6-4-5-15(13-17)14-23-11-9-16(10-12-23)20(24)21-22-18-7-2-3-8-19(18)26-21/h2-8,13,16H,9-12,14H2,1H3. The SMILES string of the molecule is COc1cccc(CN2CCC(C(=O)c3nc4ccccc4s3)CC2)c1. The summed E-state index contributed by atoms with van der Waals surface area (Å²) in [6.07, 6.45) is 1.80. The summed E-state index contributed by atoms with van der Waals surface area (Å²) >= 11 is 1.52. The molecule has 3 aromatic rings. The van der Waals surface area contributed by atoms with Crippen molar-refractivity contribution in [2.45, 2.75) is 19.4 Å². The Morgan fingerprint density at radius 1 is 1.19 bits per heavy atom. The summed E-state index contributed by atoms with van der Waals surface area (Å²) in [5.41, 5.74) is 2.18. The van der Waals surface area contributed by atoms with Crippen LogP contribution in [0.15, 0.2) is 48.5 Å². The fourth-order valence-electron chi connectivity index (χ4n) is 3.53.